The zero-order chi connectivity index (χ0) is 12.4. The van der Waals surface area contributed by atoms with E-state index < -0.39 is 18.1 Å². The molecule has 0 saturated carbocycles. The third-order valence-corrected chi connectivity index (χ3v) is 2.41. The highest BCUT2D eigenvalue weighted by molar-refractivity contribution is 6.11. The van der Waals surface area contributed by atoms with Gasteiger partial charge in [-0.1, -0.05) is 12.1 Å². The van der Waals surface area contributed by atoms with Crippen molar-refractivity contribution in [3.8, 4) is 0 Å². The molecule has 2 amide bonds. The number of hydrogen-bond donors (Lipinski definition) is 2. The molecule has 1 unspecified atom stereocenters. The number of ether oxygens (including phenoxy) is 1. The molecule has 0 saturated heterocycles. The Hall–Kier alpha value is -2.37. The van der Waals surface area contributed by atoms with Crippen molar-refractivity contribution in [2.45, 2.75) is 12.5 Å². The predicted molar refractivity (Wildman–Crippen MR) is 58.5 cm³/mol. The molecule has 0 spiro atoms. The van der Waals surface area contributed by atoms with Gasteiger partial charge < -0.3 is 15.8 Å². The number of fused-ring (bicyclic) bond motifs is 1. The fourth-order valence-electron chi connectivity index (χ4n) is 1.65. The summed E-state index contributed by atoms with van der Waals surface area (Å²) in [7, 11) is 0. The van der Waals surface area contributed by atoms with E-state index in [4.69, 9.17) is 5.73 Å². The third-order valence-electron chi connectivity index (χ3n) is 2.41. The van der Waals surface area contributed by atoms with Gasteiger partial charge in [0, 0.05) is 5.56 Å². The van der Waals surface area contributed by atoms with Crippen LogP contribution in [-0.4, -0.2) is 23.9 Å². The minimum absolute atomic E-state index is 0.203. The Morgan fingerprint density at radius 1 is 1.35 bits per heavy atom. The van der Waals surface area contributed by atoms with Crippen molar-refractivity contribution >= 4 is 23.5 Å². The van der Waals surface area contributed by atoms with Crippen molar-refractivity contribution in [3.05, 3.63) is 29.8 Å². The number of Topliss-reactive ketones (excluding diaryl/α,β-unsaturated/α-hetero) is 1. The Kier molecular flexibility index (Phi) is 2.78. The molecule has 1 aromatic rings. The lowest BCUT2D eigenvalue weighted by atomic mass is 10.1. The lowest BCUT2D eigenvalue weighted by Crippen LogP contribution is -2.34. The third kappa shape index (κ3) is 2.25. The number of carbonyl (C=O) groups is 3. The van der Waals surface area contributed by atoms with Gasteiger partial charge in [-0.2, -0.15) is 0 Å². The van der Waals surface area contributed by atoms with Crippen LogP contribution in [0.5, 0.6) is 0 Å². The Labute approximate surface area is 96.7 Å². The molecule has 1 aromatic carbocycles. The molecule has 3 N–H and O–H groups in total. The molecule has 0 fully saturated rings. The van der Waals surface area contributed by atoms with Gasteiger partial charge >= 0.3 is 6.09 Å². The van der Waals surface area contributed by atoms with Gasteiger partial charge in [-0.25, -0.2) is 4.79 Å². The summed E-state index contributed by atoms with van der Waals surface area (Å²) >= 11 is 0. The molecule has 1 aliphatic rings. The van der Waals surface area contributed by atoms with E-state index in [-0.39, 0.29) is 12.2 Å². The van der Waals surface area contributed by atoms with Gasteiger partial charge in [0.15, 0.2) is 11.9 Å². The maximum Gasteiger partial charge on any atom is 0.405 e. The molecule has 0 bridgehead atoms. The molecular weight excluding hydrogens is 224 g/mol. The van der Waals surface area contributed by atoms with E-state index in [1.165, 1.54) is 0 Å². The van der Waals surface area contributed by atoms with Gasteiger partial charge in [0.1, 0.15) is 0 Å². The molecule has 6 nitrogen and oxygen atoms in total. The number of carbonyl (C=O) groups excluding carboxylic acids is 3. The highest BCUT2D eigenvalue weighted by Crippen LogP contribution is 2.22. The second-order valence-corrected chi connectivity index (χ2v) is 3.59. The number of hydrogen-bond acceptors (Lipinski definition) is 4. The van der Waals surface area contributed by atoms with Crippen molar-refractivity contribution < 1.29 is 19.1 Å². The lowest BCUT2D eigenvalue weighted by molar-refractivity contribution is -0.123. The summed E-state index contributed by atoms with van der Waals surface area (Å²) < 4.78 is 4.59. The molecule has 1 aliphatic heterocycles. The molecular formula is C11H10N2O4. The van der Waals surface area contributed by atoms with Gasteiger partial charge in [-0.05, 0) is 12.1 Å². The molecule has 0 radical (unpaired) electrons. The first-order valence-electron chi connectivity index (χ1n) is 4.97. The van der Waals surface area contributed by atoms with E-state index in [2.05, 4.69) is 10.1 Å². The van der Waals surface area contributed by atoms with Crippen LogP contribution in [0.3, 0.4) is 0 Å². The summed E-state index contributed by atoms with van der Waals surface area (Å²) in [6, 6.07) is 6.60. The first-order chi connectivity index (χ1) is 8.08. The van der Waals surface area contributed by atoms with Crippen LogP contribution in [0.2, 0.25) is 0 Å². The highest BCUT2D eigenvalue weighted by Gasteiger charge is 2.30. The Balaban J connectivity index is 2.31. The van der Waals surface area contributed by atoms with E-state index in [1.54, 1.807) is 24.3 Å². The number of benzene rings is 1. The normalized spacial score (nSPS) is 18.9. The first kappa shape index (κ1) is 11.1. The zero-order valence-corrected chi connectivity index (χ0v) is 8.80. The van der Waals surface area contributed by atoms with E-state index in [1.807, 2.05) is 0 Å². The van der Waals surface area contributed by atoms with Crippen LogP contribution < -0.4 is 11.1 Å². The zero-order valence-electron chi connectivity index (χ0n) is 8.80. The predicted octanol–water partition coefficient (Wildman–Crippen LogP) is 0.675. The van der Waals surface area contributed by atoms with Crippen LogP contribution in [0.1, 0.15) is 16.8 Å². The minimum atomic E-state index is -1.17. The van der Waals surface area contributed by atoms with Crippen LogP contribution in [0.15, 0.2) is 24.3 Å². The molecule has 2 rings (SSSR count). The summed E-state index contributed by atoms with van der Waals surface area (Å²) in [5, 5.41) is 2.52. The maximum atomic E-state index is 11.8. The van der Waals surface area contributed by atoms with E-state index in [0.717, 1.165) is 0 Å². The average molecular weight is 234 g/mol. The SMILES string of the molecule is NC(=O)OC1CC(=O)c2ccccc2NC1=O. The van der Waals surface area contributed by atoms with Crippen molar-refractivity contribution in [1.29, 1.82) is 0 Å². The van der Waals surface area contributed by atoms with Gasteiger partial charge in [-0.15, -0.1) is 0 Å². The summed E-state index contributed by atoms with van der Waals surface area (Å²) in [5.41, 5.74) is 5.65. The van der Waals surface area contributed by atoms with Crippen molar-refractivity contribution in [1.82, 2.24) is 0 Å². The molecule has 17 heavy (non-hydrogen) atoms. The fraction of sp³-hybridized carbons (Fsp3) is 0.182. The lowest BCUT2D eigenvalue weighted by Gasteiger charge is -2.11. The van der Waals surface area contributed by atoms with Crippen LogP contribution in [0.25, 0.3) is 0 Å². The maximum absolute atomic E-state index is 11.8. The number of rotatable bonds is 1. The Morgan fingerprint density at radius 2 is 2.06 bits per heavy atom. The van der Waals surface area contributed by atoms with Crippen molar-refractivity contribution in [3.63, 3.8) is 0 Å². The smallest absolute Gasteiger partial charge is 0.405 e. The van der Waals surface area contributed by atoms with Crippen LogP contribution in [-0.2, 0) is 9.53 Å². The molecule has 0 aliphatic carbocycles. The topological polar surface area (TPSA) is 98.5 Å². The van der Waals surface area contributed by atoms with Gasteiger partial charge in [-0.3, -0.25) is 9.59 Å². The number of anilines is 1. The Morgan fingerprint density at radius 3 is 2.76 bits per heavy atom. The largest absolute Gasteiger partial charge is 0.436 e. The Bertz CT molecular complexity index is 498. The minimum Gasteiger partial charge on any atom is -0.436 e. The summed E-state index contributed by atoms with van der Waals surface area (Å²) in [4.78, 5) is 34.1. The number of primary amides is 1. The summed E-state index contributed by atoms with van der Waals surface area (Å²) in [6.45, 7) is 0. The molecule has 6 heteroatoms. The quantitative estimate of drug-likeness (QED) is 0.746. The van der Waals surface area contributed by atoms with Crippen LogP contribution in [0.4, 0.5) is 10.5 Å². The molecule has 0 aromatic heterocycles. The average Bonchev–Trinajstić information content (AvgIpc) is 2.38. The molecule has 1 atom stereocenters. The number of nitrogens with one attached hydrogen (secondary N) is 1. The highest BCUT2D eigenvalue weighted by atomic mass is 16.6. The first-order valence-corrected chi connectivity index (χ1v) is 4.97. The molecule has 88 valence electrons. The second-order valence-electron chi connectivity index (χ2n) is 3.59. The fourth-order valence-corrected chi connectivity index (χ4v) is 1.65. The number of amides is 2. The summed E-state index contributed by atoms with van der Waals surface area (Å²) in [5.74, 6) is -0.827. The van der Waals surface area contributed by atoms with Crippen LogP contribution in [0, 0.1) is 0 Å². The number of ketones is 1. The van der Waals surface area contributed by atoms with Crippen molar-refractivity contribution in [2.75, 3.05) is 5.32 Å². The standard InChI is InChI=1S/C11H10N2O4/c12-11(16)17-9-5-8(14)6-3-1-2-4-7(6)13-10(9)15/h1-4,9H,5H2,(H2,12,16)(H,13,15). The second kappa shape index (κ2) is 4.25. The van der Waals surface area contributed by atoms with E-state index in [0.29, 0.717) is 11.3 Å². The van der Waals surface area contributed by atoms with Gasteiger partial charge in [0.25, 0.3) is 5.91 Å². The number of nitrogens with two attached hydrogens (primary N) is 1. The summed E-state index contributed by atoms with van der Waals surface area (Å²) in [6.07, 6.45) is -2.46. The monoisotopic (exact) mass is 234 g/mol. The number of para-hydroxylation sites is 1. The molecule has 1 heterocycles. The van der Waals surface area contributed by atoms with E-state index >= 15 is 0 Å². The van der Waals surface area contributed by atoms with Gasteiger partial charge in [0.05, 0.1) is 12.1 Å². The van der Waals surface area contributed by atoms with E-state index in [9.17, 15) is 14.4 Å². The van der Waals surface area contributed by atoms with Gasteiger partial charge in [0.2, 0.25) is 0 Å². The van der Waals surface area contributed by atoms with Crippen LogP contribution >= 0.6 is 0 Å². The van der Waals surface area contributed by atoms with Crippen molar-refractivity contribution in [2.24, 2.45) is 5.73 Å².